The van der Waals surface area contributed by atoms with Crippen LogP contribution in [0.1, 0.15) is 33.5 Å². The molecule has 0 saturated carbocycles. The first-order valence-corrected chi connectivity index (χ1v) is 14.3. The van der Waals surface area contributed by atoms with Gasteiger partial charge in [-0.15, -0.1) is 0 Å². The third-order valence-electron chi connectivity index (χ3n) is 7.54. The number of rotatable bonds is 7. The van der Waals surface area contributed by atoms with Crippen LogP contribution in [0.25, 0.3) is 11.0 Å². The fraction of sp³-hybridized carbons (Fsp3) is 0.258. The summed E-state index contributed by atoms with van der Waals surface area (Å²) in [5.41, 5.74) is 8.43. The molecule has 2 aromatic carbocycles. The van der Waals surface area contributed by atoms with Gasteiger partial charge in [-0.05, 0) is 48.7 Å². The molecule has 6 rings (SSSR count). The highest BCUT2D eigenvalue weighted by Crippen LogP contribution is 2.31. The molecule has 11 nitrogen and oxygen atoms in total. The fourth-order valence-electron chi connectivity index (χ4n) is 5.16. The highest BCUT2D eigenvalue weighted by atomic mass is 19.4. The van der Waals surface area contributed by atoms with Gasteiger partial charge in [-0.25, -0.2) is 24.9 Å². The summed E-state index contributed by atoms with van der Waals surface area (Å²) in [6, 6.07) is 11.6. The highest BCUT2D eigenvalue weighted by molar-refractivity contribution is 5.98. The molecule has 5 aromatic rings. The number of hydrogen-bond donors (Lipinski definition) is 2. The SMILES string of the molecule is Cc1ccc(CC(=O)c2cccc(C(F)(F)F)c2)cc1Nc1ncnc2c(N)nc(N3CCCN(c4ncccn4)CC3)nc12. The first kappa shape index (κ1) is 29.7. The summed E-state index contributed by atoms with van der Waals surface area (Å²) in [6.45, 7) is 4.67. The lowest BCUT2D eigenvalue weighted by Gasteiger charge is -2.22. The number of alkyl halides is 3. The summed E-state index contributed by atoms with van der Waals surface area (Å²) in [5.74, 6) is 1.31. The predicted octanol–water partition coefficient (Wildman–Crippen LogP) is 5.00. The maximum Gasteiger partial charge on any atom is 0.416 e. The van der Waals surface area contributed by atoms with Crippen molar-refractivity contribution in [2.45, 2.75) is 25.9 Å². The zero-order valence-electron chi connectivity index (χ0n) is 24.3. The molecule has 3 aromatic heterocycles. The number of carbonyl (C=O) groups excluding carboxylic acids is 1. The summed E-state index contributed by atoms with van der Waals surface area (Å²) in [4.78, 5) is 43.9. The minimum absolute atomic E-state index is 0.00524. The molecule has 1 aliphatic heterocycles. The van der Waals surface area contributed by atoms with Crippen molar-refractivity contribution in [3.8, 4) is 0 Å². The van der Waals surface area contributed by atoms with Gasteiger partial charge in [-0.1, -0.05) is 24.3 Å². The largest absolute Gasteiger partial charge is 0.416 e. The molecule has 45 heavy (non-hydrogen) atoms. The van der Waals surface area contributed by atoms with Gasteiger partial charge < -0.3 is 20.9 Å². The lowest BCUT2D eigenvalue weighted by Crippen LogP contribution is -2.32. The van der Waals surface area contributed by atoms with Crippen LogP contribution in [0.5, 0.6) is 0 Å². The molecular formula is C31H29F3N10O. The Balaban J connectivity index is 1.24. The zero-order chi connectivity index (χ0) is 31.6. The maximum atomic E-state index is 13.2. The number of benzene rings is 2. The molecule has 1 fully saturated rings. The number of nitrogens with two attached hydrogens (primary N) is 1. The van der Waals surface area contributed by atoms with Crippen LogP contribution in [0.2, 0.25) is 0 Å². The Morgan fingerprint density at radius 2 is 1.64 bits per heavy atom. The molecule has 0 spiro atoms. The van der Waals surface area contributed by atoms with E-state index in [1.165, 1.54) is 18.5 Å². The average molecular weight is 615 g/mol. The number of aryl methyl sites for hydroxylation is 1. The number of fused-ring (bicyclic) bond motifs is 1. The van der Waals surface area contributed by atoms with E-state index < -0.39 is 17.5 Å². The molecule has 0 bridgehead atoms. The van der Waals surface area contributed by atoms with Gasteiger partial charge >= 0.3 is 6.18 Å². The number of nitrogens with one attached hydrogen (secondary N) is 1. The Morgan fingerprint density at radius 1 is 0.889 bits per heavy atom. The minimum Gasteiger partial charge on any atom is -0.382 e. The number of halogens is 3. The molecule has 3 N–H and O–H groups in total. The first-order valence-electron chi connectivity index (χ1n) is 14.3. The number of anilines is 5. The van der Waals surface area contributed by atoms with E-state index in [0.717, 1.165) is 30.7 Å². The molecule has 1 aliphatic rings. The fourth-order valence-corrected chi connectivity index (χ4v) is 5.16. The molecule has 0 radical (unpaired) electrons. The van der Waals surface area contributed by atoms with E-state index in [2.05, 4.69) is 40.0 Å². The Morgan fingerprint density at radius 3 is 2.40 bits per heavy atom. The number of hydrogen-bond acceptors (Lipinski definition) is 11. The lowest BCUT2D eigenvalue weighted by atomic mass is 9.99. The molecule has 1 saturated heterocycles. The first-order chi connectivity index (χ1) is 21.7. The van der Waals surface area contributed by atoms with Crippen LogP contribution >= 0.6 is 0 Å². The number of ketones is 1. The summed E-state index contributed by atoms with van der Waals surface area (Å²) in [6.07, 6.45) is 1.02. The zero-order valence-corrected chi connectivity index (χ0v) is 24.3. The van der Waals surface area contributed by atoms with Crippen molar-refractivity contribution >= 4 is 46.0 Å². The van der Waals surface area contributed by atoms with E-state index in [9.17, 15) is 18.0 Å². The monoisotopic (exact) mass is 614 g/mol. The van der Waals surface area contributed by atoms with Crippen molar-refractivity contribution in [3.63, 3.8) is 0 Å². The van der Waals surface area contributed by atoms with Crippen molar-refractivity contribution in [1.82, 2.24) is 29.9 Å². The normalized spacial score (nSPS) is 14.0. The average Bonchev–Trinajstić information content (AvgIpc) is 3.30. The Bertz CT molecular complexity index is 1850. The second-order valence-corrected chi connectivity index (χ2v) is 10.7. The van der Waals surface area contributed by atoms with Crippen LogP contribution in [0, 0.1) is 6.92 Å². The number of carbonyl (C=O) groups is 1. The Hall–Kier alpha value is -5.40. The second-order valence-electron chi connectivity index (χ2n) is 10.7. The molecule has 0 amide bonds. The van der Waals surface area contributed by atoms with E-state index >= 15 is 0 Å². The van der Waals surface area contributed by atoms with E-state index in [1.54, 1.807) is 30.6 Å². The van der Waals surface area contributed by atoms with Gasteiger partial charge in [0.15, 0.2) is 17.4 Å². The maximum absolute atomic E-state index is 13.2. The number of Topliss-reactive ketones (excluding diaryl/α,β-unsaturated/α-hetero) is 1. The molecule has 4 heterocycles. The van der Waals surface area contributed by atoms with Crippen LogP contribution in [0.15, 0.2) is 67.3 Å². The van der Waals surface area contributed by atoms with Gasteiger partial charge in [0.2, 0.25) is 11.9 Å². The van der Waals surface area contributed by atoms with Crippen molar-refractivity contribution in [2.24, 2.45) is 0 Å². The summed E-state index contributed by atoms with van der Waals surface area (Å²) in [5, 5.41) is 3.30. The molecule has 0 unspecified atom stereocenters. The lowest BCUT2D eigenvalue weighted by molar-refractivity contribution is -0.137. The molecule has 0 atom stereocenters. The third kappa shape index (κ3) is 6.59. The number of nitrogen functional groups attached to an aromatic ring is 1. The number of aromatic nitrogens is 6. The van der Waals surface area contributed by atoms with E-state index in [0.29, 0.717) is 59.6 Å². The quantitative estimate of drug-likeness (QED) is 0.239. The van der Waals surface area contributed by atoms with Gasteiger partial charge in [0.05, 0.1) is 5.56 Å². The summed E-state index contributed by atoms with van der Waals surface area (Å²) < 4.78 is 39.5. The van der Waals surface area contributed by atoms with Crippen LogP contribution in [-0.4, -0.2) is 61.9 Å². The summed E-state index contributed by atoms with van der Waals surface area (Å²) >= 11 is 0. The Kier molecular flexibility index (Phi) is 8.11. The molecule has 0 aliphatic carbocycles. The standard InChI is InChI=1S/C31H29F3N10O/c1-19-7-8-20(16-24(45)21-5-2-6-22(17-21)31(32,33)34)15-23(19)40-28-26-25(38-18-39-28)27(35)42-30(41-26)44-12-4-11-43(13-14-44)29-36-9-3-10-37-29/h2-3,5-10,15,17-18H,4,11-14,16H2,1H3,(H2,35,41,42)(H,38,39,40). The smallest absolute Gasteiger partial charge is 0.382 e. The van der Waals surface area contributed by atoms with Gasteiger partial charge in [0.1, 0.15) is 17.4 Å². The van der Waals surface area contributed by atoms with Gasteiger partial charge in [-0.2, -0.15) is 18.2 Å². The minimum atomic E-state index is -4.53. The van der Waals surface area contributed by atoms with Crippen molar-refractivity contribution < 1.29 is 18.0 Å². The molecule has 230 valence electrons. The van der Waals surface area contributed by atoms with Crippen LogP contribution in [0.4, 0.5) is 42.4 Å². The van der Waals surface area contributed by atoms with Crippen LogP contribution in [0.3, 0.4) is 0 Å². The highest BCUT2D eigenvalue weighted by Gasteiger charge is 2.31. The van der Waals surface area contributed by atoms with Gasteiger partial charge in [-0.3, -0.25) is 4.79 Å². The number of nitrogens with zero attached hydrogens (tertiary/aromatic N) is 8. The van der Waals surface area contributed by atoms with Gasteiger partial charge in [0, 0.05) is 56.2 Å². The van der Waals surface area contributed by atoms with E-state index in [4.69, 9.17) is 10.7 Å². The molecular weight excluding hydrogens is 585 g/mol. The Labute approximate surface area is 256 Å². The van der Waals surface area contributed by atoms with Gasteiger partial charge in [0.25, 0.3) is 0 Å². The summed E-state index contributed by atoms with van der Waals surface area (Å²) in [7, 11) is 0. The molecule has 14 heteroatoms. The van der Waals surface area contributed by atoms with Crippen LogP contribution < -0.4 is 20.9 Å². The topological polar surface area (TPSA) is 139 Å². The third-order valence-corrected chi connectivity index (χ3v) is 7.54. The predicted molar refractivity (Wildman–Crippen MR) is 165 cm³/mol. The van der Waals surface area contributed by atoms with Crippen molar-refractivity contribution in [3.05, 3.63) is 89.5 Å². The van der Waals surface area contributed by atoms with Crippen molar-refractivity contribution in [2.75, 3.05) is 47.0 Å². The van der Waals surface area contributed by atoms with E-state index in [1.807, 2.05) is 13.0 Å². The van der Waals surface area contributed by atoms with Crippen molar-refractivity contribution in [1.29, 1.82) is 0 Å². The second kappa shape index (κ2) is 12.3. The van der Waals surface area contributed by atoms with E-state index in [-0.39, 0.29) is 17.8 Å². The van der Waals surface area contributed by atoms with Crippen LogP contribution in [-0.2, 0) is 12.6 Å².